The summed E-state index contributed by atoms with van der Waals surface area (Å²) in [4.78, 5) is 34.3. The Balaban J connectivity index is 1.53. The van der Waals surface area contributed by atoms with Crippen LogP contribution in [0.25, 0.3) is 0 Å². The molecule has 2 aliphatic heterocycles. The molecular weight excluding hydrogens is 456 g/mol. The fourth-order valence-corrected chi connectivity index (χ4v) is 5.02. The fourth-order valence-electron chi connectivity index (χ4n) is 3.93. The molecule has 33 heavy (non-hydrogen) atoms. The summed E-state index contributed by atoms with van der Waals surface area (Å²) in [5.74, 6) is 2.02. The van der Waals surface area contributed by atoms with Gasteiger partial charge in [-0.25, -0.2) is 4.98 Å². The van der Waals surface area contributed by atoms with Crippen LogP contribution < -0.4 is 10.2 Å². The first-order valence-corrected chi connectivity index (χ1v) is 12.3. The summed E-state index contributed by atoms with van der Waals surface area (Å²) >= 11 is 8.00. The van der Waals surface area contributed by atoms with Gasteiger partial charge in [0.05, 0.1) is 17.9 Å². The molecule has 1 aromatic heterocycles. The number of hydrogen-bond acceptors (Lipinski definition) is 5. The first kappa shape index (κ1) is 23.1. The van der Waals surface area contributed by atoms with Crippen molar-refractivity contribution < 1.29 is 9.59 Å². The number of amides is 2. The first-order chi connectivity index (χ1) is 16.0. The summed E-state index contributed by atoms with van der Waals surface area (Å²) in [5.41, 5.74) is 3.32. The highest BCUT2D eigenvalue weighted by Crippen LogP contribution is 2.29. The molecule has 1 aromatic carbocycles. The lowest BCUT2D eigenvalue weighted by atomic mass is 10.1. The minimum absolute atomic E-state index is 0.153. The largest absolute Gasteiger partial charge is 0.368 e. The average Bonchev–Trinajstić information content (AvgIpc) is 3.17. The second-order valence-corrected chi connectivity index (χ2v) is 9.28. The summed E-state index contributed by atoms with van der Waals surface area (Å²) in [6.07, 6.45) is 5.53. The highest BCUT2D eigenvalue weighted by Gasteiger charge is 2.30. The molecule has 0 aliphatic carbocycles. The van der Waals surface area contributed by atoms with Crippen LogP contribution in [0, 0.1) is 0 Å². The number of nitrogens with one attached hydrogen (secondary N) is 1. The number of hydrogen-bond donors (Lipinski definition) is 1. The molecule has 0 bridgehead atoms. The van der Waals surface area contributed by atoms with Crippen molar-refractivity contribution in [2.24, 2.45) is 0 Å². The van der Waals surface area contributed by atoms with Crippen molar-refractivity contribution in [3.8, 4) is 0 Å². The summed E-state index contributed by atoms with van der Waals surface area (Å²) in [6, 6.07) is 10.3. The van der Waals surface area contributed by atoms with E-state index in [4.69, 9.17) is 11.6 Å². The predicted octanol–water partition coefficient (Wildman–Crippen LogP) is 4.65. The molecule has 0 spiro atoms. The van der Waals surface area contributed by atoms with Gasteiger partial charge in [-0.15, -0.1) is 0 Å². The zero-order valence-corrected chi connectivity index (χ0v) is 20.0. The van der Waals surface area contributed by atoms with E-state index in [2.05, 4.69) is 21.8 Å². The lowest BCUT2D eigenvalue weighted by molar-refractivity contribution is 0.0956. The number of carbonyl (C=O) groups is 2. The van der Waals surface area contributed by atoms with Crippen molar-refractivity contribution in [3.63, 3.8) is 0 Å². The molecule has 0 unspecified atom stereocenters. The van der Waals surface area contributed by atoms with E-state index >= 15 is 0 Å². The Bertz CT molecular complexity index is 1150. The van der Waals surface area contributed by atoms with Gasteiger partial charge in [-0.3, -0.25) is 14.5 Å². The molecule has 0 atom stereocenters. The zero-order valence-electron chi connectivity index (χ0n) is 18.4. The number of nitrogens with zero attached hydrogens (tertiary/aromatic N) is 3. The van der Waals surface area contributed by atoms with E-state index in [9.17, 15) is 9.59 Å². The van der Waals surface area contributed by atoms with Crippen molar-refractivity contribution in [1.82, 2.24) is 15.2 Å². The summed E-state index contributed by atoms with van der Waals surface area (Å²) < 4.78 is 0. The molecule has 0 saturated carbocycles. The maximum absolute atomic E-state index is 13.1. The monoisotopic (exact) mass is 480 g/mol. The van der Waals surface area contributed by atoms with Crippen LogP contribution in [0.4, 0.5) is 5.82 Å². The number of aromatic nitrogens is 1. The molecule has 3 heterocycles. The molecule has 6 nitrogen and oxygen atoms in total. The molecular formula is C25H25ClN4O2S. The summed E-state index contributed by atoms with van der Waals surface area (Å²) in [7, 11) is 0. The standard InChI is InChI=1S/C25H25ClN4O2S/c1-3-6-22(29-11-13-33-14-12-29)20(4-2)28-24(31)21-7-5-8-23(27-21)30-16-17-15-18(26)9-10-19(17)25(30)32/h3-10,15H,1,11-14,16H2,2H3,(H,28,31)/b20-4+,22-6+. The minimum atomic E-state index is -0.335. The van der Waals surface area contributed by atoms with Crippen LogP contribution in [0.1, 0.15) is 33.3 Å². The zero-order chi connectivity index (χ0) is 23.4. The molecule has 170 valence electrons. The van der Waals surface area contributed by atoms with Gasteiger partial charge >= 0.3 is 0 Å². The molecule has 1 saturated heterocycles. The number of allylic oxidation sites excluding steroid dienone is 3. The van der Waals surface area contributed by atoms with Crippen molar-refractivity contribution in [2.75, 3.05) is 29.5 Å². The molecule has 2 aliphatic rings. The van der Waals surface area contributed by atoms with E-state index in [1.54, 1.807) is 47.4 Å². The number of thioether (sulfide) groups is 1. The van der Waals surface area contributed by atoms with Crippen LogP contribution >= 0.6 is 23.4 Å². The molecule has 2 amide bonds. The fraction of sp³-hybridized carbons (Fsp3) is 0.240. The second-order valence-electron chi connectivity index (χ2n) is 7.62. The van der Waals surface area contributed by atoms with Gasteiger partial charge in [-0.05, 0) is 48.9 Å². The Morgan fingerprint density at radius 1 is 1.24 bits per heavy atom. The Morgan fingerprint density at radius 2 is 2.03 bits per heavy atom. The van der Waals surface area contributed by atoms with Crippen LogP contribution in [0.15, 0.2) is 72.6 Å². The van der Waals surface area contributed by atoms with Crippen molar-refractivity contribution >= 4 is 41.0 Å². The van der Waals surface area contributed by atoms with E-state index in [1.807, 2.05) is 30.8 Å². The summed E-state index contributed by atoms with van der Waals surface area (Å²) in [5, 5.41) is 3.58. The third kappa shape index (κ3) is 4.99. The lowest BCUT2D eigenvalue weighted by Crippen LogP contribution is -2.36. The van der Waals surface area contributed by atoms with Crippen molar-refractivity contribution in [1.29, 1.82) is 0 Å². The van der Waals surface area contributed by atoms with E-state index in [0.717, 1.165) is 35.9 Å². The number of halogens is 1. The topological polar surface area (TPSA) is 65.5 Å². The molecule has 1 N–H and O–H groups in total. The third-order valence-electron chi connectivity index (χ3n) is 5.56. The van der Waals surface area contributed by atoms with Gasteiger partial charge in [0.1, 0.15) is 11.5 Å². The van der Waals surface area contributed by atoms with Crippen LogP contribution in [-0.4, -0.2) is 46.3 Å². The molecule has 2 aromatic rings. The first-order valence-electron chi connectivity index (χ1n) is 10.7. The normalized spacial score (nSPS) is 16.6. The Kier molecular flexibility index (Phi) is 7.20. The van der Waals surface area contributed by atoms with Gasteiger partial charge in [0.15, 0.2) is 0 Å². The van der Waals surface area contributed by atoms with Crippen LogP contribution in [0.5, 0.6) is 0 Å². The number of pyridine rings is 1. The third-order valence-corrected chi connectivity index (χ3v) is 6.73. The maximum atomic E-state index is 13.1. The van der Waals surface area contributed by atoms with Gasteiger partial charge in [0.2, 0.25) is 0 Å². The minimum Gasteiger partial charge on any atom is -0.368 e. The van der Waals surface area contributed by atoms with E-state index in [1.165, 1.54) is 0 Å². The summed E-state index contributed by atoms with van der Waals surface area (Å²) in [6.45, 7) is 7.90. The molecule has 1 fully saturated rings. The Labute approximate surface area is 203 Å². The van der Waals surface area contributed by atoms with E-state index < -0.39 is 0 Å². The van der Waals surface area contributed by atoms with Crippen LogP contribution in [-0.2, 0) is 6.54 Å². The highest BCUT2D eigenvalue weighted by atomic mass is 35.5. The Morgan fingerprint density at radius 3 is 2.76 bits per heavy atom. The lowest BCUT2D eigenvalue weighted by Gasteiger charge is -2.32. The van der Waals surface area contributed by atoms with Crippen LogP contribution in [0.3, 0.4) is 0 Å². The Hall–Kier alpha value is -3.03. The van der Waals surface area contributed by atoms with Crippen LogP contribution in [0.2, 0.25) is 5.02 Å². The number of benzene rings is 1. The number of anilines is 1. The molecule has 8 heteroatoms. The number of carbonyl (C=O) groups excluding carboxylic acids is 2. The second kappa shape index (κ2) is 10.3. The van der Waals surface area contributed by atoms with Crippen molar-refractivity contribution in [3.05, 3.63) is 94.4 Å². The maximum Gasteiger partial charge on any atom is 0.274 e. The SMILES string of the molecule is C=C/C=C(\C(=C/C)NC(=O)c1cccc(N2Cc3cc(Cl)ccc3C2=O)n1)N1CCSCC1. The number of fused-ring (bicyclic) bond motifs is 1. The highest BCUT2D eigenvalue weighted by molar-refractivity contribution is 7.99. The molecule has 4 rings (SSSR count). The van der Waals surface area contributed by atoms with Crippen molar-refractivity contribution in [2.45, 2.75) is 13.5 Å². The van der Waals surface area contributed by atoms with Gasteiger partial charge in [0.25, 0.3) is 11.8 Å². The van der Waals surface area contributed by atoms with Gasteiger partial charge in [-0.1, -0.05) is 36.4 Å². The average molecular weight is 481 g/mol. The molecule has 0 radical (unpaired) electrons. The predicted molar refractivity (Wildman–Crippen MR) is 135 cm³/mol. The smallest absolute Gasteiger partial charge is 0.274 e. The number of rotatable bonds is 6. The van der Waals surface area contributed by atoms with E-state index in [0.29, 0.717) is 28.6 Å². The van der Waals surface area contributed by atoms with E-state index in [-0.39, 0.29) is 17.5 Å². The van der Waals surface area contributed by atoms with Gasteiger partial charge < -0.3 is 10.2 Å². The van der Waals surface area contributed by atoms with Gasteiger partial charge in [-0.2, -0.15) is 11.8 Å². The quantitative estimate of drug-likeness (QED) is 0.610. The van der Waals surface area contributed by atoms with Gasteiger partial charge in [0, 0.05) is 35.2 Å².